The minimum absolute atomic E-state index is 0.675. The molecule has 98 valence electrons. The summed E-state index contributed by atoms with van der Waals surface area (Å²) < 4.78 is 1.71. The number of rotatable bonds is 1. The number of hydrogen-bond acceptors (Lipinski definition) is 2. The summed E-state index contributed by atoms with van der Waals surface area (Å²) in [5.41, 5.74) is 12.8. The van der Waals surface area contributed by atoms with Crippen LogP contribution in [-0.4, -0.2) is 14.8 Å². The van der Waals surface area contributed by atoms with E-state index in [2.05, 4.69) is 43.0 Å². The number of fused-ring (bicyclic) bond motifs is 1. The predicted octanol–water partition coefficient (Wildman–Crippen LogP) is 3.08. The number of nitrogens with zero attached hydrogens (tertiary/aromatic N) is 2. The Balaban J connectivity index is 2.37. The lowest BCUT2D eigenvalue weighted by Crippen LogP contribution is -1.96. The molecular weight excluding hydrogens is 236 g/mol. The highest BCUT2D eigenvalue weighted by Crippen LogP contribution is 2.34. The van der Waals surface area contributed by atoms with Crippen LogP contribution in [0.2, 0.25) is 0 Å². The Morgan fingerprint density at radius 1 is 1.16 bits per heavy atom. The van der Waals surface area contributed by atoms with Crippen LogP contribution in [0.1, 0.15) is 16.8 Å². The third-order valence-electron chi connectivity index (χ3n) is 3.60. The molecule has 0 aliphatic carbocycles. The summed E-state index contributed by atoms with van der Waals surface area (Å²) in [5, 5.41) is 5.74. The predicted molar refractivity (Wildman–Crippen MR) is 79.1 cm³/mol. The Kier molecular flexibility index (Phi) is 2.42. The van der Waals surface area contributed by atoms with Gasteiger partial charge < -0.3 is 10.7 Å². The lowest BCUT2D eigenvalue weighted by molar-refractivity contribution is 0.782. The maximum absolute atomic E-state index is 5.89. The minimum Gasteiger partial charge on any atom is -0.384 e. The van der Waals surface area contributed by atoms with Gasteiger partial charge in [-0.25, -0.2) is 0 Å². The van der Waals surface area contributed by atoms with Crippen molar-refractivity contribution in [1.29, 1.82) is 0 Å². The minimum atomic E-state index is 0.675. The second-order valence-corrected chi connectivity index (χ2v) is 5.21. The number of aryl methyl sites for hydroxylation is 4. The van der Waals surface area contributed by atoms with Gasteiger partial charge in [0.15, 0.2) is 0 Å². The second kappa shape index (κ2) is 3.88. The van der Waals surface area contributed by atoms with Gasteiger partial charge in [0.25, 0.3) is 0 Å². The van der Waals surface area contributed by atoms with E-state index < -0.39 is 0 Å². The average molecular weight is 254 g/mol. The number of aromatic amines is 1. The van der Waals surface area contributed by atoms with E-state index in [1.807, 2.05) is 13.1 Å². The highest BCUT2D eigenvalue weighted by Gasteiger charge is 2.16. The zero-order valence-corrected chi connectivity index (χ0v) is 11.7. The van der Waals surface area contributed by atoms with Crippen molar-refractivity contribution in [3.8, 4) is 11.3 Å². The van der Waals surface area contributed by atoms with E-state index >= 15 is 0 Å². The van der Waals surface area contributed by atoms with Gasteiger partial charge in [0.2, 0.25) is 0 Å². The molecule has 0 fully saturated rings. The topological polar surface area (TPSA) is 59.6 Å². The van der Waals surface area contributed by atoms with Crippen LogP contribution in [0.5, 0.6) is 0 Å². The molecule has 3 aromatic rings. The summed E-state index contributed by atoms with van der Waals surface area (Å²) in [7, 11) is 1.86. The molecular formula is C15H18N4. The molecule has 4 nitrogen and oxygen atoms in total. The van der Waals surface area contributed by atoms with Crippen LogP contribution in [0, 0.1) is 20.8 Å². The standard InChI is InChI=1S/C15H18N4/c1-8-5-9(2)14-11(6-8)17-10(3)15(14)12-7-13(16)19(4)18-12/h5-7,17H,16H2,1-4H3. The number of benzene rings is 1. The molecule has 0 amide bonds. The molecule has 0 radical (unpaired) electrons. The molecule has 1 aromatic carbocycles. The van der Waals surface area contributed by atoms with Crippen LogP contribution in [-0.2, 0) is 7.05 Å². The van der Waals surface area contributed by atoms with E-state index in [1.54, 1.807) is 4.68 Å². The van der Waals surface area contributed by atoms with Crippen molar-refractivity contribution in [1.82, 2.24) is 14.8 Å². The van der Waals surface area contributed by atoms with Crippen molar-refractivity contribution in [2.45, 2.75) is 20.8 Å². The zero-order chi connectivity index (χ0) is 13.7. The molecule has 0 aliphatic heterocycles. The second-order valence-electron chi connectivity index (χ2n) is 5.21. The Morgan fingerprint density at radius 2 is 1.89 bits per heavy atom. The Morgan fingerprint density at radius 3 is 2.53 bits per heavy atom. The first kappa shape index (κ1) is 11.8. The van der Waals surface area contributed by atoms with E-state index in [0.717, 1.165) is 22.5 Å². The van der Waals surface area contributed by atoms with E-state index in [1.165, 1.54) is 16.5 Å². The number of H-pyrrole nitrogens is 1. The zero-order valence-electron chi connectivity index (χ0n) is 11.7. The quantitative estimate of drug-likeness (QED) is 0.701. The van der Waals surface area contributed by atoms with Crippen molar-refractivity contribution in [2.75, 3.05) is 5.73 Å². The number of nitrogens with one attached hydrogen (secondary N) is 1. The van der Waals surface area contributed by atoms with Crippen molar-refractivity contribution in [3.63, 3.8) is 0 Å². The molecule has 0 aliphatic rings. The Hall–Kier alpha value is -2.23. The number of hydrogen-bond donors (Lipinski definition) is 2. The number of nitrogens with two attached hydrogens (primary N) is 1. The third kappa shape index (κ3) is 1.71. The maximum atomic E-state index is 5.89. The van der Waals surface area contributed by atoms with Gasteiger partial charge in [-0.05, 0) is 38.0 Å². The van der Waals surface area contributed by atoms with Gasteiger partial charge in [-0.15, -0.1) is 0 Å². The summed E-state index contributed by atoms with van der Waals surface area (Å²) in [4.78, 5) is 3.45. The van der Waals surface area contributed by atoms with Gasteiger partial charge in [-0.3, -0.25) is 4.68 Å². The number of anilines is 1. The van der Waals surface area contributed by atoms with Crippen molar-refractivity contribution >= 4 is 16.7 Å². The molecule has 0 spiro atoms. The smallest absolute Gasteiger partial charge is 0.121 e. The summed E-state index contributed by atoms with van der Waals surface area (Å²) in [6.07, 6.45) is 0. The Bertz CT molecular complexity index is 758. The van der Waals surface area contributed by atoms with E-state index in [0.29, 0.717) is 5.82 Å². The molecule has 2 heterocycles. The van der Waals surface area contributed by atoms with Crippen LogP contribution in [0.3, 0.4) is 0 Å². The molecule has 0 atom stereocenters. The summed E-state index contributed by atoms with van der Waals surface area (Å²) in [5.74, 6) is 0.675. The third-order valence-corrected chi connectivity index (χ3v) is 3.60. The lowest BCUT2D eigenvalue weighted by Gasteiger charge is -2.02. The van der Waals surface area contributed by atoms with Gasteiger partial charge in [-0.1, -0.05) is 6.07 Å². The van der Waals surface area contributed by atoms with Gasteiger partial charge in [-0.2, -0.15) is 5.10 Å². The van der Waals surface area contributed by atoms with Crippen LogP contribution in [0.25, 0.3) is 22.2 Å². The molecule has 0 saturated heterocycles. The number of nitrogen functional groups attached to an aromatic ring is 1. The maximum Gasteiger partial charge on any atom is 0.121 e. The van der Waals surface area contributed by atoms with Gasteiger partial charge in [0.1, 0.15) is 5.82 Å². The monoisotopic (exact) mass is 254 g/mol. The first-order valence-electron chi connectivity index (χ1n) is 6.37. The molecule has 19 heavy (non-hydrogen) atoms. The summed E-state index contributed by atoms with van der Waals surface area (Å²) in [6, 6.07) is 6.30. The largest absolute Gasteiger partial charge is 0.384 e. The van der Waals surface area contributed by atoms with Crippen molar-refractivity contribution < 1.29 is 0 Å². The van der Waals surface area contributed by atoms with Crippen molar-refractivity contribution in [3.05, 3.63) is 35.0 Å². The van der Waals surface area contributed by atoms with Crippen molar-refractivity contribution in [2.24, 2.45) is 7.05 Å². The number of aromatic nitrogens is 3. The molecule has 3 N–H and O–H groups in total. The van der Waals surface area contributed by atoms with Gasteiger partial charge >= 0.3 is 0 Å². The van der Waals surface area contributed by atoms with Crippen LogP contribution in [0.4, 0.5) is 5.82 Å². The molecule has 0 unspecified atom stereocenters. The summed E-state index contributed by atoms with van der Waals surface area (Å²) >= 11 is 0. The first-order valence-corrected chi connectivity index (χ1v) is 6.37. The van der Waals surface area contributed by atoms with Crippen LogP contribution < -0.4 is 5.73 Å². The molecule has 3 rings (SSSR count). The van der Waals surface area contributed by atoms with Gasteiger partial charge in [0, 0.05) is 35.3 Å². The normalized spacial score (nSPS) is 11.4. The van der Waals surface area contributed by atoms with E-state index in [9.17, 15) is 0 Å². The highest BCUT2D eigenvalue weighted by atomic mass is 15.3. The fourth-order valence-electron chi connectivity index (χ4n) is 2.77. The average Bonchev–Trinajstić information content (AvgIpc) is 2.79. The SMILES string of the molecule is Cc1cc(C)c2c(-c3cc(N)n(C)n3)c(C)[nH]c2c1. The first-order chi connectivity index (χ1) is 8.97. The molecule has 0 saturated carbocycles. The molecule has 2 aromatic heterocycles. The van der Waals surface area contributed by atoms with E-state index in [4.69, 9.17) is 5.73 Å². The Labute approximate surface area is 112 Å². The molecule has 4 heteroatoms. The fourth-order valence-corrected chi connectivity index (χ4v) is 2.77. The van der Waals surface area contributed by atoms with Crippen LogP contribution in [0.15, 0.2) is 18.2 Å². The van der Waals surface area contributed by atoms with Gasteiger partial charge in [0.05, 0.1) is 5.69 Å². The molecule has 0 bridgehead atoms. The highest BCUT2D eigenvalue weighted by molar-refractivity contribution is 5.99. The van der Waals surface area contributed by atoms with E-state index in [-0.39, 0.29) is 0 Å². The lowest BCUT2D eigenvalue weighted by atomic mass is 10.0. The fraction of sp³-hybridized carbons (Fsp3) is 0.267. The van der Waals surface area contributed by atoms with Crippen LogP contribution >= 0.6 is 0 Å². The summed E-state index contributed by atoms with van der Waals surface area (Å²) in [6.45, 7) is 6.33.